The predicted molar refractivity (Wildman–Crippen MR) is 96.8 cm³/mol. The van der Waals surface area contributed by atoms with Gasteiger partial charge < -0.3 is 14.4 Å². The van der Waals surface area contributed by atoms with Gasteiger partial charge in [0.15, 0.2) is 0 Å². The third-order valence-corrected chi connectivity index (χ3v) is 5.35. The fourth-order valence-electron chi connectivity index (χ4n) is 3.51. The minimum absolute atomic E-state index is 0.307. The van der Waals surface area contributed by atoms with E-state index in [0.29, 0.717) is 34.2 Å². The molecule has 1 heterocycles. The summed E-state index contributed by atoms with van der Waals surface area (Å²) in [5, 5.41) is 10.3. The Labute approximate surface area is 152 Å². The maximum atomic E-state index is 9.28. The highest BCUT2D eigenvalue weighted by molar-refractivity contribution is 6.36. The Hall–Kier alpha value is -1.23. The SMILES string of the molecule is COc1c(Cl)cc(Cl)cc1-c1nccn1CC1CCC(CO)CC1. The second-order valence-electron chi connectivity index (χ2n) is 6.44. The van der Waals surface area contributed by atoms with E-state index in [2.05, 4.69) is 9.55 Å². The highest BCUT2D eigenvalue weighted by atomic mass is 35.5. The minimum atomic E-state index is 0.307. The average Bonchev–Trinajstić information content (AvgIpc) is 3.03. The van der Waals surface area contributed by atoms with E-state index >= 15 is 0 Å². The van der Waals surface area contributed by atoms with E-state index in [4.69, 9.17) is 27.9 Å². The lowest BCUT2D eigenvalue weighted by Crippen LogP contribution is -2.21. The second kappa shape index (κ2) is 7.77. The van der Waals surface area contributed by atoms with E-state index in [1.54, 1.807) is 19.4 Å². The number of aliphatic hydroxyl groups excluding tert-OH is 1. The number of benzene rings is 1. The Morgan fingerprint density at radius 2 is 1.92 bits per heavy atom. The van der Waals surface area contributed by atoms with Crippen molar-refractivity contribution < 1.29 is 9.84 Å². The van der Waals surface area contributed by atoms with Crippen LogP contribution < -0.4 is 4.74 Å². The number of hydrogen-bond acceptors (Lipinski definition) is 3. The quantitative estimate of drug-likeness (QED) is 0.834. The van der Waals surface area contributed by atoms with Crippen molar-refractivity contribution in [3.8, 4) is 17.1 Å². The van der Waals surface area contributed by atoms with Crippen LogP contribution in [0, 0.1) is 11.8 Å². The van der Waals surface area contributed by atoms with Crippen molar-refractivity contribution in [1.29, 1.82) is 0 Å². The first kappa shape index (κ1) is 17.6. The summed E-state index contributed by atoms with van der Waals surface area (Å²) >= 11 is 12.4. The summed E-state index contributed by atoms with van der Waals surface area (Å²) < 4.78 is 7.60. The van der Waals surface area contributed by atoms with E-state index in [1.165, 1.54) is 0 Å². The van der Waals surface area contributed by atoms with Gasteiger partial charge in [-0.05, 0) is 49.7 Å². The lowest BCUT2D eigenvalue weighted by atomic mass is 9.82. The lowest BCUT2D eigenvalue weighted by molar-refractivity contribution is 0.161. The van der Waals surface area contributed by atoms with Gasteiger partial charge in [-0.25, -0.2) is 4.98 Å². The summed E-state index contributed by atoms with van der Waals surface area (Å²) in [6.45, 7) is 1.21. The molecule has 130 valence electrons. The van der Waals surface area contributed by atoms with E-state index in [1.807, 2.05) is 12.3 Å². The van der Waals surface area contributed by atoms with Gasteiger partial charge >= 0.3 is 0 Å². The van der Waals surface area contributed by atoms with Gasteiger partial charge in [0.05, 0.1) is 17.7 Å². The lowest BCUT2D eigenvalue weighted by Gasteiger charge is -2.28. The second-order valence-corrected chi connectivity index (χ2v) is 7.28. The molecular formula is C18H22Cl2N2O2. The number of nitrogens with zero attached hydrogens (tertiary/aromatic N) is 2. The van der Waals surface area contributed by atoms with Crippen LogP contribution in [0.25, 0.3) is 11.4 Å². The van der Waals surface area contributed by atoms with Gasteiger partial charge in [0.25, 0.3) is 0 Å². The molecule has 0 atom stereocenters. The van der Waals surface area contributed by atoms with Crippen LogP contribution in [0.2, 0.25) is 10.0 Å². The van der Waals surface area contributed by atoms with Gasteiger partial charge in [0.1, 0.15) is 11.6 Å². The molecule has 1 N–H and O–H groups in total. The molecule has 1 saturated carbocycles. The molecule has 6 heteroatoms. The third-order valence-electron chi connectivity index (χ3n) is 4.85. The van der Waals surface area contributed by atoms with Crippen LogP contribution in [0.3, 0.4) is 0 Å². The fraction of sp³-hybridized carbons (Fsp3) is 0.500. The van der Waals surface area contributed by atoms with Crippen LogP contribution in [-0.4, -0.2) is 28.4 Å². The minimum Gasteiger partial charge on any atom is -0.494 e. The topological polar surface area (TPSA) is 47.3 Å². The largest absolute Gasteiger partial charge is 0.494 e. The molecule has 1 aromatic heterocycles. The maximum Gasteiger partial charge on any atom is 0.148 e. The Morgan fingerprint density at radius 3 is 2.58 bits per heavy atom. The Kier molecular flexibility index (Phi) is 5.69. The van der Waals surface area contributed by atoms with Gasteiger partial charge in [0, 0.05) is 30.6 Å². The molecule has 0 unspecified atom stereocenters. The smallest absolute Gasteiger partial charge is 0.148 e. The number of rotatable bonds is 5. The predicted octanol–water partition coefficient (Wildman–Crippen LogP) is 4.66. The molecule has 1 aliphatic carbocycles. The van der Waals surface area contributed by atoms with Crippen LogP contribution >= 0.6 is 23.2 Å². The third kappa shape index (κ3) is 3.71. The summed E-state index contributed by atoms with van der Waals surface area (Å²) in [4.78, 5) is 4.50. The van der Waals surface area contributed by atoms with Gasteiger partial charge in [-0.3, -0.25) is 0 Å². The van der Waals surface area contributed by atoms with Crippen LogP contribution in [-0.2, 0) is 6.54 Å². The molecule has 0 bridgehead atoms. The Balaban J connectivity index is 1.84. The molecule has 0 amide bonds. The molecule has 24 heavy (non-hydrogen) atoms. The van der Waals surface area contributed by atoms with Crippen molar-refractivity contribution in [2.45, 2.75) is 32.2 Å². The zero-order chi connectivity index (χ0) is 17.1. The van der Waals surface area contributed by atoms with E-state index in [-0.39, 0.29) is 0 Å². The highest BCUT2D eigenvalue weighted by Crippen LogP contribution is 2.39. The van der Waals surface area contributed by atoms with E-state index < -0.39 is 0 Å². The van der Waals surface area contributed by atoms with Crippen molar-refractivity contribution in [2.24, 2.45) is 11.8 Å². The summed E-state index contributed by atoms with van der Waals surface area (Å²) in [5.41, 5.74) is 0.809. The van der Waals surface area contributed by atoms with Crippen LogP contribution in [0.1, 0.15) is 25.7 Å². The number of ether oxygens (including phenoxy) is 1. The van der Waals surface area contributed by atoms with Gasteiger partial charge in [-0.1, -0.05) is 23.2 Å². The first-order valence-electron chi connectivity index (χ1n) is 8.27. The van der Waals surface area contributed by atoms with Crippen LogP contribution in [0.5, 0.6) is 5.75 Å². The number of halogens is 2. The van der Waals surface area contributed by atoms with Crippen molar-refractivity contribution in [1.82, 2.24) is 9.55 Å². The fourth-order valence-corrected chi connectivity index (χ4v) is 4.08. The van der Waals surface area contributed by atoms with Crippen molar-refractivity contribution in [2.75, 3.05) is 13.7 Å². The zero-order valence-electron chi connectivity index (χ0n) is 13.7. The first-order chi connectivity index (χ1) is 11.6. The molecule has 0 saturated heterocycles. The summed E-state index contributed by atoms with van der Waals surface area (Å²) in [6.07, 6.45) is 8.24. The Morgan fingerprint density at radius 1 is 1.21 bits per heavy atom. The first-order valence-corrected chi connectivity index (χ1v) is 9.03. The van der Waals surface area contributed by atoms with Crippen molar-refractivity contribution in [3.63, 3.8) is 0 Å². The normalized spacial score (nSPS) is 21.0. The number of imidazole rings is 1. The summed E-state index contributed by atoms with van der Waals surface area (Å²) in [5.74, 6) is 2.48. The van der Waals surface area contributed by atoms with Gasteiger partial charge in [0.2, 0.25) is 0 Å². The van der Waals surface area contributed by atoms with Crippen molar-refractivity contribution in [3.05, 3.63) is 34.6 Å². The summed E-state index contributed by atoms with van der Waals surface area (Å²) in [6, 6.07) is 3.52. The Bertz CT molecular complexity index is 694. The van der Waals surface area contributed by atoms with E-state index in [9.17, 15) is 5.11 Å². The molecule has 3 rings (SSSR count). The molecule has 1 aromatic carbocycles. The summed E-state index contributed by atoms with van der Waals surface area (Å²) in [7, 11) is 1.60. The highest BCUT2D eigenvalue weighted by Gasteiger charge is 2.23. The molecular weight excluding hydrogens is 347 g/mol. The molecule has 1 aliphatic rings. The average molecular weight is 369 g/mol. The van der Waals surface area contributed by atoms with E-state index in [0.717, 1.165) is 43.6 Å². The van der Waals surface area contributed by atoms with Crippen LogP contribution in [0.4, 0.5) is 0 Å². The van der Waals surface area contributed by atoms with Crippen LogP contribution in [0.15, 0.2) is 24.5 Å². The number of methoxy groups -OCH3 is 1. The molecule has 0 spiro atoms. The molecule has 0 radical (unpaired) electrons. The standard InChI is InChI=1S/C18H22Cl2N2O2/c1-24-17-15(8-14(19)9-16(17)20)18-21-6-7-22(18)10-12-2-4-13(11-23)5-3-12/h6-9,12-13,23H,2-5,10-11H2,1H3. The zero-order valence-corrected chi connectivity index (χ0v) is 15.2. The monoisotopic (exact) mass is 368 g/mol. The maximum absolute atomic E-state index is 9.28. The van der Waals surface area contributed by atoms with Gasteiger partial charge in [-0.2, -0.15) is 0 Å². The number of aromatic nitrogens is 2. The molecule has 0 aliphatic heterocycles. The number of hydrogen-bond donors (Lipinski definition) is 1. The van der Waals surface area contributed by atoms with Crippen molar-refractivity contribution >= 4 is 23.2 Å². The molecule has 2 aromatic rings. The molecule has 4 nitrogen and oxygen atoms in total. The number of aliphatic hydroxyl groups is 1. The molecule has 1 fully saturated rings. The van der Waals surface area contributed by atoms with Gasteiger partial charge in [-0.15, -0.1) is 0 Å².